The van der Waals surface area contributed by atoms with E-state index in [0.717, 1.165) is 5.56 Å². The molecule has 2 aromatic rings. The predicted octanol–water partition coefficient (Wildman–Crippen LogP) is 2.62. The quantitative estimate of drug-likeness (QED) is 0.670. The number of carbonyl (C=O) groups excluding carboxylic acids is 2. The molecule has 2 aromatic carbocycles. The van der Waals surface area contributed by atoms with Crippen molar-refractivity contribution >= 4 is 23.3 Å². The van der Waals surface area contributed by atoms with E-state index < -0.39 is 5.97 Å². The van der Waals surface area contributed by atoms with E-state index in [0.29, 0.717) is 22.5 Å². The van der Waals surface area contributed by atoms with Gasteiger partial charge in [0.1, 0.15) is 0 Å². The Bertz CT molecular complexity index is 675. The number of esters is 1. The van der Waals surface area contributed by atoms with Gasteiger partial charge in [0.2, 0.25) is 0 Å². The Hall–Kier alpha value is -2.82. The van der Waals surface area contributed by atoms with E-state index >= 15 is 0 Å². The summed E-state index contributed by atoms with van der Waals surface area (Å²) in [6, 6.07) is 11.8. The van der Waals surface area contributed by atoms with Crippen molar-refractivity contribution in [3.05, 3.63) is 59.2 Å². The third-order valence-electron chi connectivity index (χ3n) is 2.94. The Morgan fingerprint density at radius 3 is 2.52 bits per heavy atom. The summed E-state index contributed by atoms with van der Waals surface area (Å²) >= 11 is 0. The van der Waals surface area contributed by atoms with E-state index in [1.54, 1.807) is 42.5 Å². The van der Waals surface area contributed by atoms with Gasteiger partial charge in [-0.05, 0) is 42.8 Å². The predicted molar refractivity (Wildman–Crippen MR) is 81.3 cm³/mol. The van der Waals surface area contributed by atoms with Gasteiger partial charge in [0.15, 0.2) is 0 Å². The van der Waals surface area contributed by atoms with E-state index in [1.165, 1.54) is 7.11 Å². The number of methoxy groups -OCH3 is 1. The number of nitrogens with one attached hydrogen (secondary N) is 1. The molecule has 0 aliphatic rings. The number of para-hydroxylation sites is 1. The molecular formula is C16H16N2O3. The highest BCUT2D eigenvalue weighted by Crippen LogP contribution is 2.18. The minimum absolute atomic E-state index is 0.300. The lowest BCUT2D eigenvalue weighted by atomic mass is 10.1. The first-order valence-corrected chi connectivity index (χ1v) is 6.37. The molecule has 1 amide bonds. The second-order valence-corrected chi connectivity index (χ2v) is 4.62. The topological polar surface area (TPSA) is 81.4 Å². The molecule has 0 aliphatic heterocycles. The molecule has 0 aliphatic carbocycles. The highest BCUT2D eigenvalue weighted by molar-refractivity contribution is 6.08. The van der Waals surface area contributed by atoms with Crippen LogP contribution in [-0.2, 0) is 4.74 Å². The van der Waals surface area contributed by atoms with Crippen molar-refractivity contribution in [1.29, 1.82) is 0 Å². The van der Waals surface area contributed by atoms with Crippen molar-refractivity contribution in [3.8, 4) is 0 Å². The Morgan fingerprint density at radius 2 is 1.86 bits per heavy atom. The molecular weight excluding hydrogens is 268 g/mol. The van der Waals surface area contributed by atoms with Crippen LogP contribution in [0.4, 0.5) is 11.4 Å². The number of carbonyl (C=O) groups is 2. The summed E-state index contributed by atoms with van der Waals surface area (Å²) in [6.07, 6.45) is 0. The number of hydrogen-bond acceptors (Lipinski definition) is 4. The molecule has 0 heterocycles. The van der Waals surface area contributed by atoms with Crippen LogP contribution in [0.3, 0.4) is 0 Å². The van der Waals surface area contributed by atoms with Gasteiger partial charge in [-0.3, -0.25) is 4.79 Å². The molecule has 0 saturated heterocycles. The second kappa shape index (κ2) is 6.09. The minimum Gasteiger partial charge on any atom is -0.465 e. The average Bonchev–Trinajstić information content (AvgIpc) is 2.46. The third kappa shape index (κ3) is 3.39. The van der Waals surface area contributed by atoms with Crippen molar-refractivity contribution in [2.75, 3.05) is 18.2 Å². The normalized spacial score (nSPS) is 10.0. The number of nitrogens with two attached hydrogens (primary N) is 1. The van der Waals surface area contributed by atoms with Gasteiger partial charge in [-0.25, -0.2) is 4.79 Å². The summed E-state index contributed by atoms with van der Waals surface area (Å²) in [5.41, 5.74) is 8.28. The lowest BCUT2D eigenvalue weighted by Crippen LogP contribution is -2.15. The number of ether oxygens (including phenoxy) is 1. The number of rotatable bonds is 3. The van der Waals surface area contributed by atoms with Crippen LogP contribution in [-0.4, -0.2) is 19.0 Å². The van der Waals surface area contributed by atoms with Gasteiger partial charge in [0.05, 0.1) is 18.4 Å². The molecule has 0 radical (unpaired) electrons. The van der Waals surface area contributed by atoms with Crippen molar-refractivity contribution in [1.82, 2.24) is 0 Å². The van der Waals surface area contributed by atoms with Crippen molar-refractivity contribution in [3.63, 3.8) is 0 Å². The second-order valence-electron chi connectivity index (χ2n) is 4.62. The maximum absolute atomic E-state index is 12.3. The lowest BCUT2D eigenvalue weighted by Gasteiger charge is -2.10. The SMILES string of the molecule is COC(=O)c1ccccc1NC(=O)c1cc(C)cc(N)c1. The van der Waals surface area contributed by atoms with Gasteiger partial charge in [-0.15, -0.1) is 0 Å². The molecule has 0 unspecified atom stereocenters. The van der Waals surface area contributed by atoms with Crippen LogP contribution in [0.15, 0.2) is 42.5 Å². The summed E-state index contributed by atoms with van der Waals surface area (Å²) in [7, 11) is 1.29. The monoisotopic (exact) mass is 284 g/mol. The van der Waals surface area contributed by atoms with Crippen LogP contribution < -0.4 is 11.1 Å². The Morgan fingerprint density at radius 1 is 1.14 bits per heavy atom. The molecule has 0 saturated carbocycles. The fraction of sp³-hybridized carbons (Fsp3) is 0.125. The molecule has 5 heteroatoms. The van der Waals surface area contributed by atoms with Crippen molar-refractivity contribution in [2.24, 2.45) is 0 Å². The maximum atomic E-state index is 12.3. The van der Waals surface area contributed by atoms with Crippen LogP contribution in [0, 0.1) is 6.92 Å². The van der Waals surface area contributed by atoms with Crippen LogP contribution >= 0.6 is 0 Å². The number of anilines is 2. The van der Waals surface area contributed by atoms with Gasteiger partial charge in [0, 0.05) is 11.3 Å². The number of benzene rings is 2. The van der Waals surface area contributed by atoms with Crippen LogP contribution in [0.2, 0.25) is 0 Å². The van der Waals surface area contributed by atoms with Gasteiger partial charge in [-0.2, -0.15) is 0 Å². The third-order valence-corrected chi connectivity index (χ3v) is 2.94. The zero-order valence-corrected chi connectivity index (χ0v) is 11.8. The molecule has 108 valence electrons. The maximum Gasteiger partial charge on any atom is 0.339 e. The van der Waals surface area contributed by atoms with E-state index in [-0.39, 0.29) is 5.91 Å². The van der Waals surface area contributed by atoms with E-state index in [1.807, 2.05) is 6.92 Å². The van der Waals surface area contributed by atoms with Crippen LogP contribution in [0.5, 0.6) is 0 Å². The molecule has 21 heavy (non-hydrogen) atoms. The van der Waals surface area contributed by atoms with E-state index in [2.05, 4.69) is 5.32 Å². The number of aryl methyl sites for hydroxylation is 1. The minimum atomic E-state index is -0.505. The fourth-order valence-electron chi connectivity index (χ4n) is 2.02. The summed E-state index contributed by atoms with van der Waals surface area (Å²) in [4.78, 5) is 23.9. The lowest BCUT2D eigenvalue weighted by molar-refractivity contribution is 0.0602. The van der Waals surface area contributed by atoms with Crippen LogP contribution in [0.1, 0.15) is 26.3 Å². The Kier molecular flexibility index (Phi) is 4.23. The molecule has 2 rings (SSSR count). The molecule has 0 fully saturated rings. The largest absolute Gasteiger partial charge is 0.465 e. The van der Waals surface area contributed by atoms with Gasteiger partial charge >= 0.3 is 5.97 Å². The first-order valence-electron chi connectivity index (χ1n) is 6.37. The average molecular weight is 284 g/mol. The van der Waals surface area contributed by atoms with Crippen LogP contribution in [0.25, 0.3) is 0 Å². The van der Waals surface area contributed by atoms with Crippen molar-refractivity contribution in [2.45, 2.75) is 6.92 Å². The number of nitrogen functional groups attached to an aromatic ring is 1. The van der Waals surface area contributed by atoms with Crippen molar-refractivity contribution < 1.29 is 14.3 Å². The summed E-state index contributed by atoms with van der Waals surface area (Å²) in [5.74, 6) is -0.837. The van der Waals surface area contributed by atoms with E-state index in [9.17, 15) is 9.59 Å². The van der Waals surface area contributed by atoms with Gasteiger partial charge in [0.25, 0.3) is 5.91 Å². The molecule has 3 N–H and O–H groups in total. The van der Waals surface area contributed by atoms with Gasteiger partial charge < -0.3 is 15.8 Å². The summed E-state index contributed by atoms with van der Waals surface area (Å²) < 4.78 is 4.69. The fourth-order valence-corrected chi connectivity index (χ4v) is 2.02. The number of hydrogen-bond donors (Lipinski definition) is 2. The first-order chi connectivity index (χ1) is 10.0. The first kappa shape index (κ1) is 14.6. The zero-order valence-electron chi connectivity index (χ0n) is 11.8. The molecule has 0 bridgehead atoms. The molecule has 0 atom stereocenters. The summed E-state index contributed by atoms with van der Waals surface area (Å²) in [5, 5.41) is 2.70. The summed E-state index contributed by atoms with van der Waals surface area (Å²) in [6.45, 7) is 1.86. The highest BCUT2D eigenvalue weighted by atomic mass is 16.5. The Labute approximate surface area is 122 Å². The smallest absolute Gasteiger partial charge is 0.339 e. The van der Waals surface area contributed by atoms with Gasteiger partial charge in [-0.1, -0.05) is 12.1 Å². The highest BCUT2D eigenvalue weighted by Gasteiger charge is 2.14. The zero-order chi connectivity index (χ0) is 15.4. The molecule has 5 nitrogen and oxygen atoms in total. The Balaban J connectivity index is 2.30. The number of amides is 1. The molecule has 0 aromatic heterocycles. The molecule has 0 spiro atoms. The van der Waals surface area contributed by atoms with E-state index in [4.69, 9.17) is 10.5 Å². The standard InChI is InChI=1S/C16H16N2O3/c1-10-7-11(9-12(17)8-10)15(19)18-14-6-4-3-5-13(14)16(20)21-2/h3-9H,17H2,1-2H3,(H,18,19).